The number of hydrogen-bond acceptors (Lipinski definition) is 4. The SMILES string of the molecule is C=C(CCO)C(=O)O.CC/C=C(\O)C(=O)O. The molecule has 6 heteroatoms. The summed E-state index contributed by atoms with van der Waals surface area (Å²) in [5.74, 6) is -2.89. The molecule has 0 aliphatic heterocycles. The second kappa shape index (κ2) is 9.72. The number of allylic oxidation sites excluding steroid dienone is 1. The Labute approximate surface area is 93.2 Å². The normalized spacial score (nSPS) is 10.0. The van der Waals surface area contributed by atoms with Crippen LogP contribution in [0.1, 0.15) is 19.8 Å². The summed E-state index contributed by atoms with van der Waals surface area (Å²) >= 11 is 0. The Kier molecular flexibility index (Phi) is 10.1. The molecule has 0 saturated heterocycles. The van der Waals surface area contributed by atoms with Gasteiger partial charge in [0, 0.05) is 18.6 Å². The maximum absolute atomic E-state index is 9.88. The molecule has 0 spiro atoms. The van der Waals surface area contributed by atoms with Crippen LogP contribution in [0.5, 0.6) is 0 Å². The number of carboxylic acids is 2. The van der Waals surface area contributed by atoms with Gasteiger partial charge in [0.05, 0.1) is 0 Å². The van der Waals surface area contributed by atoms with Crippen LogP contribution < -0.4 is 0 Å². The highest BCUT2D eigenvalue weighted by Crippen LogP contribution is 1.94. The van der Waals surface area contributed by atoms with Crippen molar-refractivity contribution in [3.8, 4) is 0 Å². The van der Waals surface area contributed by atoms with E-state index in [0.29, 0.717) is 6.42 Å². The first kappa shape index (κ1) is 16.6. The van der Waals surface area contributed by atoms with Crippen molar-refractivity contribution in [1.82, 2.24) is 0 Å². The lowest BCUT2D eigenvalue weighted by atomic mass is 10.2. The maximum atomic E-state index is 9.88. The minimum atomic E-state index is -1.27. The Morgan fingerprint density at radius 3 is 1.81 bits per heavy atom. The molecular weight excluding hydrogens is 216 g/mol. The van der Waals surface area contributed by atoms with Gasteiger partial charge in [0.15, 0.2) is 5.76 Å². The fraction of sp³-hybridized carbons (Fsp3) is 0.400. The minimum Gasteiger partial charge on any atom is -0.502 e. The fourth-order valence-electron chi connectivity index (χ4n) is 0.523. The van der Waals surface area contributed by atoms with Crippen LogP contribution in [-0.4, -0.2) is 39.0 Å². The summed E-state index contributed by atoms with van der Waals surface area (Å²) < 4.78 is 0. The van der Waals surface area contributed by atoms with Gasteiger partial charge >= 0.3 is 11.9 Å². The van der Waals surface area contributed by atoms with Crippen molar-refractivity contribution in [2.75, 3.05) is 6.61 Å². The summed E-state index contributed by atoms with van der Waals surface area (Å²) in [6.07, 6.45) is 1.93. The molecule has 0 amide bonds. The number of rotatable bonds is 5. The average molecular weight is 232 g/mol. The second-order valence-electron chi connectivity index (χ2n) is 2.69. The first-order chi connectivity index (χ1) is 7.36. The molecule has 0 bridgehead atoms. The number of hydrogen-bond donors (Lipinski definition) is 4. The van der Waals surface area contributed by atoms with Crippen LogP contribution in [0.25, 0.3) is 0 Å². The van der Waals surface area contributed by atoms with Crippen LogP contribution in [0, 0.1) is 0 Å². The summed E-state index contributed by atoms with van der Waals surface area (Å²) in [7, 11) is 0. The molecule has 0 atom stereocenters. The van der Waals surface area contributed by atoms with E-state index >= 15 is 0 Å². The molecule has 0 fully saturated rings. The molecule has 0 radical (unpaired) electrons. The van der Waals surface area contributed by atoms with Gasteiger partial charge in [-0.3, -0.25) is 0 Å². The van der Waals surface area contributed by atoms with Gasteiger partial charge in [-0.2, -0.15) is 0 Å². The van der Waals surface area contributed by atoms with E-state index in [1.165, 1.54) is 6.08 Å². The highest BCUT2D eigenvalue weighted by Gasteiger charge is 2.00. The molecular formula is C10H16O6. The lowest BCUT2D eigenvalue weighted by Crippen LogP contribution is -2.00. The van der Waals surface area contributed by atoms with Gasteiger partial charge in [0.25, 0.3) is 0 Å². The summed E-state index contributed by atoms with van der Waals surface area (Å²) in [6.45, 7) is 4.79. The molecule has 6 nitrogen and oxygen atoms in total. The van der Waals surface area contributed by atoms with Crippen LogP contribution in [0.15, 0.2) is 24.0 Å². The molecule has 0 aliphatic carbocycles. The number of aliphatic hydroxyl groups excluding tert-OH is 2. The zero-order valence-electron chi connectivity index (χ0n) is 9.01. The van der Waals surface area contributed by atoms with E-state index in [1.54, 1.807) is 6.92 Å². The lowest BCUT2D eigenvalue weighted by Gasteiger charge is -1.91. The molecule has 0 aliphatic rings. The van der Waals surface area contributed by atoms with E-state index in [1.807, 2.05) is 0 Å². The van der Waals surface area contributed by atoms with Crippen molar-refractivity contribution in [2.45, 2.75) is 19.8 Å². The Balaban J connectivity index is 0. The first-order valence-electron chi connectivity index (χ1n) is 4.51. The zero-order chi connectivity index (χ0) is 13.1. The highest BCUT2D eigenvalue weighted by atomic mass is 16.4. The average Bonchev–Trinajstić information content (AvgIpc) is 2.19. The van der Waals surface area contributed by atoms with Gasteiger partial charge in [0.1, 0.15) is 0 Å². The summed E-state index contributed by atoms with van der Waals surface area (Å²) in [6, 6.07) is 0. The van der Waals surface area contributed by atoms with Crippen molar-refractivity contribution < 1.29 is 30.0 Å². The number of aliphatic hydroxyl groups is 2. The molecule has 0 aromatic rings. The van der Waals surface area contributed by atoms with Gasteiger partial charge in [-0.25, -0.2) is 9.59 Å². The second-order valence-corrected chi connectivity index (χ2v) is 2.69. The largest absolute Gasteiger partial charge is 0.502 e. The molecule has 0 aromatic heterocycles. The molecule has 0 saturated carbocycles. The van der Waals surface area contributed by atoms with Gasteiger partial charge < -0.3 is 20.4 Å². The quantitative estimate of drug-likeness (QED) is 0.414. The smallest absolute Gasteiger partial charge is 0.370 e. The lowest BCUT2D eigenvalue weighted by molar-refractivity contribution is -0.135. The molecule has 0 rings (SSSR count). The van der Waals surface area contributed by atoms with Gasteiger partial charge in [-0.15, -0.1) is 0 Å². The van der Waals surface area contributed by atoms with Crippen LogP contribution in [0.3, 0.4) is 0 Å². The van der Waals surface area contributed by atoms with E-state index in [-0.39, 0.29) is 18.6 Å². The number of aliphatic carboxylic acids is 2. The van der Waals surface area contributed by atoms with Crippen molar-refractivity contribution in [3.63, 3.8) is 0 Å². The molecule has 92 valence electrons. The number of carboxylic acid groups (broad SMARTS) is 2. The van der Waals surface area contributed by atoms with E-state index in [9.17, 15) is 9.59 Å². The Morgan fingerprint density at radius 1 is 1.19 bits per heavy atom. The van der Waals surface area contributed by atoms with Crippen molar-refractivity contribution in [3.05, 3.63) is 24.0 Å². The topological polar surface area (TPSA) is 115 Å². The predicted octanol–water partition coefficient (Wildman–Crippen LogP) is 0.932. The minimum absolute atomic E-state index is 0.0486. The first-order valence-corrected chi connectivity index (χ1v) is 4.51. The summed E-state index contributed by atoms with van der Waals surface area (Å²) in [5.41, 5.74) is 0.0486. The molecule has 16 heavy (non-hydrogen) atoms. The standard InChI is InChI=1S/2C5H8O3/c1-4(2-3-6)5(7)8;1-2-3-4(6)5(7)8/h6H,1-3H2,(H,7,8);3,6H,2H2,1H3,(H,7,8)/b;4-3-. The van der Waals surface area contributed by atoms with Gasteiger partial charge in [-0.1, -0.05) is 13.5 Å². The van der Waals surface area contributed by atoms with Crippen LogP contribution in [0.4, 0.5) is 0 Å². The van der Waals surface area contributed by atoms with Crippen molar-refractivity contribution >= 4 is 11.9 Å². The predicted molar refractivity (Wildman–Crippen MR) is 57.1 cm³/mol. The van der Waals surface area contributed by atoms with Crippen LogP contribution in [-0.2, 0) is 9.59 Å². The monoisotopic (exact) mass is 232 g/mol. The van der Waals surface area contributed by atoms with Crippen LogP contribution >= 0.6 is 0 Å². The molecule has 4 N–H and O–H groups in total. The Hall–Kier alpha value is -1.82. The van der Waals surface area contributed by atoms with Gasteiger partial charge in [-0.05, 0) is 12.5 Å². The highest BCUT2D eigenvalue weighted by molar-refractivity contribution is 5.85. The molecule has 0 heterocycles. The van der Waals surface area contributed by atoms with Crippen molar-refractivity contribution in [1.29, 1.82) is 0 Å². The third kappa shape index (κ3) is 10.3. The van der Waals surface area contributed by atoms with E-state index in [4.69, 9.17) is 20.4 Å². The third-order valence-electron chi connectivity index (χ3n) is 1.33. The third-order valence-corrected chi connectivity index (χ3v) is 1.33. The Bertz CT molecular complexity index is 279. The van der Waals surface area contributed by atoms with E-state index in [2.05, 4.69) is 6.58 Å². The van der Waals surface area contributed by atoms with E-state index < -0.39 is 17.7 Å². The van der Waals surface area contributed by atoms with E-state index in [0.717, 1.165) is 0 Å². The molecule has 0 aromatic carbocycles. The maximum Gasteiger partial charge on any atom is 0.370 e. The summed E-state index contributed by atoms with van der Waals surface area (Å²) in [4.78, 5) is 19.6. The van der Waals surface area contributed by atoms with Crippen LogP contribution in [0.2, 0.25) is 0 Å². The fourth-order valence-corrected chi connectivity index (χ4v) is 0.523. The zero-order valence-corrected chi connectivity index (χ0v) is 9.01. The Morgan fingerprint density at radius 2 is 1.69 bits per heavy atom. The number of carbonyl (C=O) groups is 2. The van der Waals surface area contributed by atoms with Crippen molar-refractivity contribution in [2.24, 2.45) is 0 Å². The van der Waals surface area contributed by atoms with Gasteiger partial charge in [0.2, 0.25) is 0 Å². The summed E-state index contributed by atoms with van der Waals surface area (Å²) in [5, 5.41) is 32.6. The molecule has 0 unspecified atom stereocenters.